The Kier molecular flexibility index (Phi) is 5.99. The summed E-state index contributed by atoms with van der Waals surface area (Å²) in [6.45, 7) is 0. The van der Waals surface area contributed by atoms with Gasteiger partial charge in [-0.2, -0.15) is 0 Å². The molecule has 0 unspecified atom stereocenters. The van der Waals surface area contributed by atoms with Crippen LogP contribution >= 0.6 is 0 Å². The number of hydrogen-bond donors (Lipinski definition) is 0. The van der Waals surface area contributed by atoms with Crippen molar-refractivity contribution in [2.45, 2.75) is 68.3 Å². The maximum atomic E-state index is 13.2. The molecular formula is C19H28N2O4S. The second kappa shape index (κ2) is 8.06. The third-order valence-electron chi connectivity index (χ3n) is 5.67. The molecule has 0 aliphatic heterocycles. The summed E-state index contributed by atoms with van der Waals surface area (Å²) in [6, 6.07) is 6.87. The minimum atomic E-state index is -3.70. The first-order chi connectivity index (χ1) is 12.4. The SMILES string of the molecule is CON(C)S(=O)(=O)c1ccc(C(=O)N(C2CCCC2)C2CCCC2)cc1. The van der Waals surface area contributed by atoms with Crippen molar-refractivity contribution in [1.82, 2.24) is 9.37 Å². The zero-order valence-corrected chi connectivity index (χ0v) is 16.4. The van der Waals surface area contributed by atoms with Gasteiger partial charge < -0.3 is 4.90 Å². The van der Waals surface area contributed by atoms with Crippen molar-refractivity contribution in [1.29, 1.82) is 0 Å². The highest BCUT2D eigenvalue weighted by Crippen LogP contribution is 2.33. The summed E-state index contributed by atoms with van der Waals surface area (Å²) >= 11 is 0. The third kappa shape index (κ3) is 3.80. The molecule has 144 valence electrons. The molecule has 0 heterocycles. The summed E-state index contributed by atoms with van der Waals surface area (Å²) < 4.78 is 25.4. The van der Waals surface area contributed by atoms with E-state index in [1.165, 1.54) is 52.0 Å². The Hall–Kier alpha value is -1.44. The second-order valence-electron chi connectivity index (χ2n) is 7.21. The first-order valence-corrected chi connectivity index (χ1v) is 10.8. The highest BCUT2D eigenvalue weighted by atomic mass is 32.2. The number of hydroxylamine groups is 1. The predicted octanol–water partition coefficient (Wildman–Crippen LogP) is 3.20. The van der Waals surface area contributed by atoms with Crippen molar-refractivity contribution in [3.8, 4) is 0 Å². The van der Waals surface area contributed by atoms with Gasteiger partial charge in [0.05, 0.1) is 12.0 Å². The van der Waals surface area contributed by atoms with Gasteiger partial charge in [0.15, 0.2) is 0 Å². The van der Waals surface area contributed by atoms with Crippen LogP contribution in [0.4, 0.5) is 0 Å². The lowest BCUT2D eigenvalue weighted by Crippen LogP contribution is -2.45. The lowest BCUT2D eigenvalue weighted by atomic mass is 10.1. The summed E-state index contributed by atoms with van der Waals surface area (Å²) in [5.74, 6) is 0.0350. The molecule has 0 N–H and O–H groups in total. The average Bonchev–Trinajstić information content (AvgIpc) is 3.36. The highest BCUT2D eigenvalue weighted by molar-refractivity contribution is 7.89. The second-order valence-corrected chi connectivity index (χ2v) is 9.15. The van der Waals surface area contributed by atoms with E-state index in [0.29, 0.717) is 17.6 Å². The molecule has 2 saturated carbocycles. The van der Waals surface area contributed by atoms with E-state index in [1.54, 1.807) is 12.1 Å². The number of amides is 1. The molecule has 0 spiro atoms. The Morgan fingerprint density at radius 1 is 0.962 bits per heavy atom. The molecule has 2 fully saturated rings. The summed E-state index contributed by atoms with van der Waals surface area (Å²) in [6.07, 6.45) is 9.04. The molecule has 2 aliphatic rings. The largest absolute Gasteiger partial charge is 0.333 e. The van der Waals surface area contributed by atoms with Crippen LogP contribution in [-0.4, -0.2) is 49.9 Å². The van der Waals surface area contributed by atoms with Gasteiger partial charge in [0, 0.05) is 24.7 Å². The maximum absolute atomic E-state index is 13.2. The lowest BCUT2D eigenvalue weighted by Gasteiger charge is -2.34. The van der Waals surface area contributed by atoms with Gasteiger partial charge in [0.2, 0.25) is 0 Å². The minimum Gasteiger partial charge on any atom is -0.333 e. The van der Waals surface area contributed by atoms with Crippen LogP contribution in [0.1, 0.15) is 61.7 Å². The Bertz CT molecular complexity index is 704. The number of sulfonamides is 1. The molecule has 0 bridgehead atoms. The van der Waals surface area contributed by atoms with Gasteiger partial charge in [-0.05, 0) is 49.9 Å². The molecule has 0 atom stereocenters. The van der Waals surface area contributed by atoms with Gasteiger partial charge in [-0.25, -0.2) is 8.42 Å². The van der Waals surface area contributed by atoms with Crippen molar-refractivity contribution in [3.63, 3.8) is 0 Å². The molecule has 6 nitrogen and oxygen atoms in total. The topological polar surface area (TPSA) is 66.9 Å². The molecule has 1 aromatic rings. The number of hydrogen-bond acceptors (Lipinski definition) is 4. The molecule has 1 amide bonds. The molecule has 3 rings (SSSR count). The van der Waals surface area contributed by atoms with Crippen molar-refractivity contribution in [3.05, 3.63) is 29.8 Å². The van der Waals surface area contributed by atoms with Gasteiger partial charge in [-0.3, -0.25) is 9.63 Å². The van der Waals surface area contributed by atoms with E-state index >= 15 is 0 Å². The fourth-order valence-electron chi connectivity index (χ4n) is 4.16. The minimum absolute atomic E-state index is 0.0350. The Labute approximate surface area is 156 Å². The molecule has 0 saturated heterocycles. The monoisotopic (exact) mass is 380 g/mol. The zero-order chi connectivity index (χ0) is 18.7. The van der Waals surface area contributed by atoms with Crippen molar-refractivity contribution in [2.75, 3.05) is 14.2 Å². The molecule has 2 aliphatic carbocycles. The van der Waals surface area contributed by atoms with E-state index in [2.05, 4.69) is 4.90 Å². The van der Waals surface area contributed by atoms with E-state index in [-0.39, 0.29) is 10.8 Å². The maximum Gasteiger partial charge on any atom is 0.264 e. The molecule has 7 heteroatoms. The summed E-state index contributed by atoms with van der Waals surface area (Å²) in [4.78, 5) is 20.2. The van der Waals surface area contributed by atoms with Gasteiger partial charge in [0.25, 0.3) is 15.9 Å². The van der Waals surface area contributed by atoms with Gasteiger partial charge in [0.1, 0.15) is 0 Å². The number of carbonyl (C=O) groups excluding carboxylic acids is 1. The van der Waals surface area contributed by atoms with Crippen LogP contribution < -0.4 is 0 Å². The molecular weight excluding hydrogens is 352 g/mol. The first kappa shape index (κ1) is 19.3. The van der Waals surface area contributed by atoms with Crippen LogP contribution in [0, 0.1) is 0 Å². The normalized spacial score (nSPS) is 19.3. The van der Waals surface area contributed by atoms with Crippen LogP contribution in [0.25, 0.3) is 0 Å². The molecule has 0 radical (unpaired) electrons. The van der Waals surface area contributed by atoms with Crippen molar-refractivity contribution in [2.24, 2.45) is 0 Å². The van der Waals surface area contributed by atoms with Gasteiger partial charge in [-0.1, -0.05) is 30.2 Å². The van der Waals surface area contributed by atoms with Crippen LogP contribution in [0.3, 0.4) is 0 Å². The standard InChI is InChI=1S/C19H28N2O4S/c1-20(25-2)26(23,24)18-13-11-15(12-14-18)19(22)21(16-7-3-4-8-16)17-9-5-6-10-17/h11-14,16-17H,3-10H2,1-2H3. The van der Waals surface area contributed by atoms with Gasteiger partial charge >= 0.3 is 0 Å². The Balaban J connectivity index is 1.83. The fourth-order valence-corrected chi connectivity index (χ4v) is 5.13. The number of nitrogens with zero attached hydrogens (tertiary/aromatic N) is 2. The Morgan fingerprint density at radius 3 is 1.85 bits per heavy atom. The number of carbonyl (C=O) groups is 1. The zero-order valence-electron chi connectivity index (χ0n) is 15.6. The lowest BCUT2D eigenvalue weighted by molar-refractivity contribution is -0.0258. The van der Waals surface area contributed by atoms with E-state index < -0.39 is 10.0 Å². The first-order valence-electron chi connectivity index (χ1n) is 9.41. The van der Waals surface area contributed by atoms with E-state index in [4.69, 9.17) is 4.84 Å². The molecule has 26 heavy (non-hydrogen) atoms. The summed E-state index contributed by atoms with van der Waals surface area (Å²) in [5.41, 5.74) is 0.558. The van der Waals surface area contributed by atoms with Crippen LogP contribution in [-0.2, 0) is 14.9 Å². The van der Waals surface area contributed by atoms with Gasteiger partial charge in [-0.15, -0.1) is 0 Å². The number of benzene rings is 1. The van der Waals surface area contributed by atoms with Crippen LogP contribution in [0.15, 0.2) is 29.2 Å². The summed E-state index contributed by atoms with van der Waals surface area (Å²) in [7, 11) is -1.05. The van der Waals surface area contributed by atoms with E-state index in [9.17, 15) is 13.2 Å². The fraction of sp³-hybridized carbons (Fsp3) is 0.632. The predicted molar refractivity (Wildman–Crippen MR) is 99.1 cm³/mol. The highest BCUT2D eigenvalue weighted by Gasteiger charge is 2.34. The van der Waals surface area contributed by atoms with E-state index in [1.807, 2.05) is 0 Å². The Morgan fingerprint density at radius 2 is 1.42 bits per heavy atom. The van der Waals surface area contributed by atoms with Crippen LogP contribution in [0.2, 0.25) is 0 Å². The molecule has 0 aromatic heterocycles. The van der Waals surface area contributed by atoms with Crippen molar-refractivity contribution >= 4 is 15.9 Å². The quantitative estimate of drug-likeness (QED) is 0.711. The van der Waals surface area contributed by atoms with Crippen LogP contribution in [0.5, 0.6) is 0 Å². The molecule has 1 aromatic carbocycles. The van der Waals surface area contributed by atoms with Crippen molar-refractivity contribution < 1.29 is 18.0 Å². The third-order valence-corrected chi connectivity index (χ3v) is 7.36. The number of rotatable bonds is 6. The van der Waals surface area contributed by atoms with E-state index in [0.717, 1.165) is 30.2 Å². The summed E-state index contributed by atoms with van der Waals surface area (Å²) in [5, 5.41) is 0. The average molecular weight is 381 g/mol. The smallest absolute Gasteiger partial charge is 0.264 e.